The van der Waals surface area contributed by atoms with E-state index in [1.54, 1.807) is 11.0 Å². The van der Waals surface area contributed by atoms with Gasteiger partial charge in [0.1, 0.15) is 16.9 Å². The van der Waals surface area contributed by atoms with Crippen molar-refractivity contribution in [3.8, 4) is 17.1 Å². The molecular formula is C23H17BrN4O3S. The summed E-state index contributed by atoms with van der Waals surface area (Å²) < 4.78 is 7.95. The molecule has 0 saturated carbocycles. The summed E-state index contributed by atoms with van der Waals surface area (Å²) in [6.07, 6.45) is 1.68. The minimum absolute atomic E-state index is 0.183. The van der Waals surface area contributed by atoms with E-state index in [-0.39, 0.29) is 11.5 Å². The zero-order valence-electron chi connectivity index (χ0n) is 17.0. The normalized spacial score (nSPS) is 14.8. The van der Waals surface area contributed by atoms with Crippen molar-refractivity contribution in [2.75, 3.05) is 18.1 Å². The Kier molecular flexibility index (Phi) is 5.15. The minimum atomic E-state index is -0.345. The molecule has 0 fully saturated rings. The van der Waals surface area contributed by atoms with Crippen LogP contribution in [0.4, 0.5) is 5.69 Å². The smallest absolute Gasteiger partial charge is 0.291 e. The van der Waals surface area contributed by atoms with E-state index in [0.29, 0.717) is 39.8 Å². The lowest BCUT2D eigenvalue weighted by Gasteiger charge is -2.13. The number of thiazole rings is 1. The van der Waals surface area contributed by atoms with Crippen molar-refractivity contribution in [3.05, 3.63) is 80.0 Å². The van der Waals surface area contributed by atoms with Crippen LogP contribution in [0.25, 0.3) is 21.9 Å². The van der Waals surface area contributed by atoms with E-state index in [2.05, 4.69) is 32.6 Å². The van der Waals surface area contributed by atoms with E-state index >= 15 is 0 Å². The van der Waals surface area contributed by atoms with Crippen molar-refractivity contribution in [1.29, 1.82) is 0 Å². The second-order valence-corrected chi connectivity index (χ2v) is 8.97. The number of hydrogen-bond donors (Lipinski definition) is 0. The maximum absolute atomic E-state index is 13.2. The number of ether oxygens (including phenoxy) is 1. The van der Waals surface area contributed by atoms with E-state index in [9.17, 15) is 9.59 Å². The number of anilines is 1. The van der Waals surface area contributed by atoms with Crippen LogP contribution in [0.1, 0.15) is 12.5 Å². The van der Waals surface area contributed by atoms with Gasteiger partial charge < -0.3 is 9.64 Å². The Bertz CT molecular complexity index is 1490. The molecule has 0 radical (unpaired) electrons. The Morgan fingerprint density at radius 1 is 1.19 bits per heavy atom. The zero-order chi connectivity index (χ0) is 22.4. The lowest BCUT2D eigenvalue weighted by molar-refractivity contribution is -0.113. The molecule has 1 aliphatic heterocycles. The summed E-state index contributed by atoms with van der Waals surface area (Å²) in [5.41, 5.74) is 2.36. The summed E-state index contributed by atoms with van der Waals surface area (Å²) in [7, 11) is 0. The first-order chi connectivity index (χ1) is 15.5. The number of rotatable bonds is 5. The predicted octanol–water partition coefficient (Wildman–Crippen LogP) is 3.43. The average molecular weight is 509 g/mol. The highest BCUT2D eigenvalue weighted by Crippen LogP contribution is 2.37. The fourth-order valence-electron chi connectivity index (χ4n) is 3.70. The SMILES string of the molecule is C=CCOc1ccc(-c2nc3sc(=C4C(=O)N(CC)c5ccc(Br)cc54)c(=O)n3n2)cc1. The van der Waals surface area contributed by atoms with Crippen LogP contribution in [0.5, 0.6) is 5.75 Å². The number of benzene rings is 2. The number of carbonyl (C=O) groups is 1. The fraction of sp³-hybridized carbons (Fsp3) is 0.130. The van der Waals surface area contributed by atoms with Crippen molar-refractivity contribution in [2.24, 2.45) is 0 Å². The van der Waals surface area contributed by atoms with Gasteiger partial charge in [0.15, 0.2) is 5.82 Å². The Morgan fingerprint density at radius 2 is 1.97 bits per heavy atom. The summed E-state index contributed by atoms with van der Waals surface area (Å²) >= 11 is 4.64. The topological polar surface area (TPSA) is 76.8 Å². The first-order valence-electron chi connectivity index (χ1n) is 9.91. The highest BCUT2D eigenvalue weighted by atomic mass is 79.9. The number of aromatic nitrogens is 3. The highest BCUT2D eigenvalue weighted by Gasteiger charge is 2.33. The quantitative estimate of drug-likeness (QED) is 0.386. The molecule has 5 rings (SSSR count). The summed E-state index contributed by atoms with van der Waals surface area (Å²) in [6.45, 7) is 6.48. The van der Waals surface area contributed by atoms with Gasteiger partial charge in [-0.25, -0.2) is 0 Å². The van der Waals surface area contributed by atoms with Crippen LogP contribution < -0.4 is 19.7 Å². The molecule has 7 nitrogen and oxygen atoms in total. The molecule has 160 valence electrons. The number of amides is 1. The van der Waals surface area contributed by atoms with Gasteiger partial charge in [0.05, 0.1) is 11.3 Å². The number of hydrogen-bond acceptors (Lipinski definition) is 6. The van der Waals surface area contributed by atoms with E-state index in [0.717, 1.165) is 21.3 Å². The monoisotopic (exact) mass is 508 g/mol. The largest absolute Gasteiger partial charge is 0.490 e. The summed E-state index contributed by atoms with van der Waals surface area (Å²) in [6, 6.07) is 13.0. The Morgan fingerprint density at radius 3 is 2.66 bits per heavy atom. The van der Waals surface area contributed by atoms with Crippen molar-refractivity contribution >= 4 is 49.4 Å². The van der Waals surface area contributed by atoms with Gasteiger partial charge in [-0.3, -0.25) is 9.59 Å². The highest BCUT2D eigenvalue weighted by molar-refractivity contribution is 9.10. The van der Waals surface area contributed by atoms with Crippen LogP contribution >= 0.6 is 27.3 Å². The third-order valence-corrected chi connectivity index (χ3v) is 6.68. The summed E-state index contributed by atoms with van der Waals surface area (Å²) in [4.78, 5) is 33.0. The molecule has 4 aromatic rings. The van der Waals surface area contributed by atoms with Crippen LogP contribution in [0.15, 0.2) is 64.4 Å². The maximum Gasteiger partial charge on any atom is 0.291 e. The van der Waals surface area contributed by atoms with E-state index in [1.165, 1.54) is 15.9 Å². The van der Waals surface area contributed by atoms with Crippen molar-refractivity contribution in [1.82, 2.24) is 14.6 Å². The van der Waals surface area contributed by atoms with Crippen molar-refractivity contribution in [3.63, 3.8) is 0 Å². The second kappa shape index (κ2) is 7.99. The van der Waals surface area contributed by atoms with Gasteiger partial charge in [-0.05, 0) is 49.4 Å². The van der Waals surface area contributed by atoms with Crippen LogP contribution in [-0.4, -0.2) is 33.7 Å². The molecule has 1 aliphatic rings. The van der Waals surface area contributed by atoms with Crippen LogP contribution in [0.3, 0.4) is 0 Å². The molecule has 1 amide bonds. The van der Waals surface area contributed by atoms with Gasteiger partial charge >= 0.3 is 0 Å². The molecule has 0 saturated heterocycles. The third kappa shape index (κ3) is 3.25. The molecule has 9 heteroatoms. The maximum atomic E-state index is 13.2. The molecule has 0 spiro atoms. The fourth-order valence-corrected chi connectivity index (χ4v) is 5.06. The molecular weight excluding hydrogens is 492 g/mol. The lowest BCUT2D eigenvalue weighted by atomic mass is 10.1. The Labute approximate surface area is 195 Å². The number of halogens is 1. The molecule has 2 aromatic carbocycles. The van der Waals surface area contributed by atoms with Gasteiger partial charge in [0, 0.05) is 22.1 Å². The van der Waals surface area contributed by atoms with Gasteiger partial charge in [0.2, 0.25) is 4.96 Å². The van der Waals surface area contributed by atoms with Gasteiger partial charge in [-0.2, -0.15) is 9.50 Å². The first kappa shape index (κ1) is 20.6. The van der Waals surface area contributed by atoms with Crippen molar-refractivity contribution < 1.29 is 9.53 Å². The Hall–Kier alpha value is -3.30. The van der Waals surface area contributed by atoms with Gasteiger partial charge in [0.25, 0.3) is 11.5 Å². The van der Waals surface area contributed by atoms with Crippen LogP contribution in [0.2, 0.25) is 0 Å². The molecule has 32 heavy (non-hydrogen) atoms. The molecule has 2 aromatic heterocycles. The van der Waals surface area contributed by atoms with E-state index < -0.39 is 0 Å². The number of nitrogens with zero attached hydrogens (tertiary/aromatic N) is 4. The predicted molar refractivity (Wildman–Crippen MR) is 128 cm³/mol. The van der Waals surface area contributed by atoms with Crippen LogP contribution in [0, 0.1) is 0 Å². The Balaban J connectivity index is 1.62. The molecule has 0 N–H and O–H groups in total. The molecule has 3 heterocycles. The summed E-state index contributed by atoms with van der Waals surface area (Å²) in [5, 5.41) is 4.40. The van der Waals surface area contributed by atoms with Gasteiger partial charge in [-0.15, -0.1) is 5.10 Å². The van der Waals surface area contributed by atoms with Gasteiger partial charge in [-0.1, -0.05) is 39.9 Å². The average Bonchev–Trinajstić information content (AvgIpc) is 3.42. The number of likely N-dealkylation sites (N-methyl/N-ethyl adjacent to an activating group) is 1. The number of carbonyl (C=O) groups excluding carboxylic acids is 1. The molecule has 0 unspecified atom stereocenters. The minimum Gasteiger partial charge on any atom is -0.490 e. The van der Waals surface area contributed by atoms with Crippen LogP contribution in [-0.2, 0) is 4.79 Å². The standard InChI is InChI=1S/C23H17BrN4O3S/c1-3-11-31-15-8-5-13(6-9-15)20-25-23-28(26-20)22(30)19(32-23)18-16-12-14(24)7-10-17(16)27(4-2)21(18)29/h3,5-10,12H,1,4,11H2,2H3. The molecule has 0 bridgehead atoms. The third-order valence-electron chi connectivity index (χ3n) is 5.16. The second-order valence-electron chi connectivity index (χ2n) is 7.08. The summed E-state index contributed by atoms with van der Waals surface area (Å²) in [5.74, 6) is 0.969. The van der Waals surface area contributed by atoms with E-state index in [1.807, 2.05) is 49.4 Å². The van der Waals surface area contributed by atoms with Crippen molar-refractivity contribution in [2.45, 2.75) is 6.92 Å². The molecule has 0 atom stereocenters. The number of fused-ring (bicyclic) bond motifs is 2. The zero-order valence-corrected chi connectivity index (χ0v) is 19.4. The lowest BCUT2D eigenvalue weighted by Crippen LogP contribution is -2.32. The van der Waals surface area contributed by atoms with E-state index in [4.69, 9.17) is 4.74 Å². The molecule has 0 aliphatic carbocycles. The first-order valence-corrected chi connectivity index (χ1v) is 11.5.